The Morgan fingerprint density at radius 2 is 1.54 bits per heavy atom. The molecule has 0 aliphatic rings. The Bertz CT molecular complexity index is 562. The summed E-state index contributed by atoms with van der Waals surface area (Å²) >= 11 is 0. The van der Waals surface area contributed by atoms with Crippen molar-refractivity contribution in [3.63, 3.8) is 0 Å². The fourth-order valence-electron chi connectivity index (χ4n) is 2.00. The number of rotatable bonds is 9. The van der Waals surface area contributed by atoms with Crippen LogP contribution in [0.1, 0.15) is 27.7 Å². The quantitative estimate of drug-likeness (QED) is 0.722. The number of anilines is 2. The van der Waals surface area contributed by atoms with Crippen molar-refractivity contribution >= 4 is 23.2 Å². The van der Waals surface area contributed by atoms with E-state index in [1.165, 1.54) is 7.11 Å². The van der Waals surface area contributed by atoms with E-state index in [0.717, 1.165) is 0 Å². The van der Waals surface area contributed by atoms with Gasteiger partial charge in [0, 0.05) is 25.0 Å². The third-order valence-electron chi connectivity index (χ3n) is 3.30. The Kier molecular flexibility index (Phi) is 8.21. The summed E-state index contributed by atoms with van der Waals surface area (Å²) in [7, 11) is 1.49. The molecule has 7 heteroatoms. The number of nitrogens with one attached hydrogen (secondary N) is 2. The van der Waals surface area contributed by atoms with E-state index < -0.39 is 12.2 Å². The van der Waals surface area contributed by atoms with Gasteiger partial charge in [0.05, 0.1) is 12.8 Å². The Hall–Kier alpha value is -2.12. The Labute approximate surface area is 142 Å². The normalized spacial score (nSPS) is 13.0. The lowest BCUT2D eigenvalue weighted by atomic mass is 10.2. The molecule has 2 atom stereocenters. The van der Waals surface area contributed by atoms with E-state index in [0.29, 0.717) is 30.3 Å². The Morgan fingerprint density at radius 3 is 2.04 bits per heavy atom. The van der Waals surface area contributed by atoms with E-state index in [4.69, 9.17) is 14.2 Å². The smallest absolute Gasteiger partial charge is 0.253 e. The summed E-state index contributed by atoms with van der Waals surface area (Å²) in [5.41, 5.74) is 1.06. The van der Waals surface area contributed by atoms with Gasteiger partial charge in [-0.25, -0.2) is 0 Å². The predicted molar refractivity (Wildman–Crippen MR) is 92.4 cm³/mol. The van der Waals surface area contributed by atoms with Gasteiger partial charge in [-0.15, -0.1) is 0 Å². The number of carbonyl (C=O) groups is 2. The van der Waals surface area contributed by atoms with Crippen LogP contribution < -0.4 is 15.4 Å². The van der Waals surface area contributed by atoms with Crippen LogP contribution in [0.25, 0.3) is 0 Å². The molecule has 0 spiro atoms. The molecule has 1 aromatic carbocycles. The van der Waals surface area contributed by atoms with Gasteiger partial charge >= 0.3 is 0 Å². The van der Waals surface area contributed by atoms with Gasteiger partial charge in [0.25, 0.3) is 11.8 Å². The highest BCUT2D eigenvalue weighted by Gasteiger charge is 2.17. The number of methoxy groups -OCH3 is 1. The molecule has 0 bridgehead atoms. The number of hydrogen-bond donors (Lipinski definition) is 2. The molecule has 7 nitrogen and oxygen atoms in total. The van der Waals surface area contributed by atoms with E-state index in [-0.39, 0.29) is 11.8 Å². The third kappa shape index (κ3) is 5.82. The molecule has 0 aliphatic carbocycles. The SMILES string of the molecule is CCO[C@@H](C)C(=O)Nc1ccc(NC(=O)[C@@H](C)OCC)c(OC)c1. The maximum atomic E-state index is 12.0. The summed E-state index contributed by atoms with van der Waals surface area (Å²) in [5, 5.41) is 5.49. The summed E-state index contributed by atoms with van der Waals surface area (Å²) in [6, 6.07) is 4.98. The maximum absolute atomic E-state index is 12.0. The van der Waals surface area contributed by atoms with Gasteiger partial charge in [0.15, 0.2) is 0 Å². The predicted octanol–water partition coefficient (Wildman–Crippen LogP) is 2.42. The highest BCUT2D eigenvalue weighted by atomic mass is 16.5. The summed E-state index contributed by atoms with van der Waals surface area (Å²) in [6.45, 7) is 7.92. The largest absolute Gasteiger partial charge is 0.494 e. The molecule has 0 radical (unpaired) electrons. The molecule has 0 aliphatic heterocycles. The van der Waals surface area contributed by atoms with Crippen LogP contribution in [0.3, 0.4) is 0 Å². The topological polar surface area (TPSA) is 85.9 Å². The van der Waals surface area contributed by atoms with Gasteiger partial charge in [-0.2, -0.15) is 0 Å². The van der Waals surface area contributed by atoms with Crippen molar-refractivity contribution in [2.24, 2.45) is 0 Å². The van der Waals surface area contributed by atoms with E-state index >= 15 is 0 Å². The summed E-state index contributed by atoms with van der Waals surface area (Å²) in [6.07, 6.45) is -1.11. The highest BCUT2D eigenvalue weighted by Crippen LogP contribution is 2.28. The van der Waals surface area contributed by atoms with Crippen LogP contribution in [-0.2, 0) is 19.1 Å². The van der Waals surface area contributed by atoms with Crippen molar-refractivity contribution in [3.8, 4) is 5.75 Å². The van der Waals surface area contributed by atoms with Crippen LogP contribution in [0.4, 0.5) is 11.4 Å². The molecule has 0 unspecified atom stereocenters. The lowest BCUT2D eigenvalue weighted by Crippen LogP contribution is -2.28. The van der Waals surface area contributed by atoms with Crippen molar-refractivity contribution in [3.05, 3.63) is 18.2 Å². The lowest BCUT2D eigenvalue weighted by molar-refractivity contribution is -0.126. The van der Waals surface area contributed by atoms with Crippen LogP contribution in [0, 0.1) is 0 Å². The second kappa shape index (κ2) is 9.89. The zero-order chi connectivity index (χ0) is 18.1. The number of benzene rings is 1. The van der Waals surface area contributed by atoms with E-state index in [1.807, 2.05) is 13.8 Å². The second-order valence-electron chi connectivity index (χ2n) is 5.09. The van der Waals surface area contributed by atoms with Crippen LogP contribution >= 0.6 is 0 Å². The second-order valence-corrected chi connectivity index (χ2v) is 5.09. The molecule has 1 aromatic rings. The summed E-state index contributed by atoms with van der Waals surface area (Å²) in [4.78, 5) is 24.0. The number of hydrogen-bond acceptors (Lipinski definition) is 5. The molecule has 0 aromatic heterocycles. The fourth-order valence-corrected chi connectivity index (χ4v) is 2.00. The summed E-state index contributed by atoms with van der Waals surface area (Å²) in [5.74, 6) is -0.0773. The monoisotopic (exact) mass is 338 g/mol. The fraction of sp³-hybridized carbons (Fsp3) is 0.529. The molecule has 0 fully saturated rings. The first-order chi connectivity index (χ1) is 11.4. The minimum absolute atomic E-state index is 0.249. The first-order valence-electron chi connectivity index (χ1n) is 7.95. The minimum atomic E-state index is -0.564. The Balaban J connectivity index is 2.81. The van der Waals surface area contributed by atoms with Crippen molar-refractivity contribution < 1.29 is 23.8 Å². The lowest BCUT2D eigenvalue weighted by Gasteiger charge is -2.16. The first-order valence-corrected chi connectivity index (χ1v) is 7.95. The van der Waals surface area contributed by atoms with Crippen molar-refractivity contribution in [1.29, 1.82) is 0 Å². The number of ether oxygens (including phenoxy) is 3. The van der Waals surface area contributed by atoms with Gasteiger partial charge < -0.3 is 24.8 Å². The van der Waals surface area contributed by atoms with Crippen molar-refractivity contribution in [2.45, 2.75) is 39.9 Å². The third-order valence-corrected chi connectivity index (χ3v) is 3.30. The molecule has 134 valence electrons. The van der Waals surface area contributed by atoms with Crippen molar-refractivity contribution in [2.75, 3.05) is 31.0 Å². The average molecular weight is 338 g/mol. The van der Waals surface area contributed by atoms with Crippen LogP contribution in [0.5, 0.6) is 5.75 Å². The van der Waals surface area contributed by atoms with Gasteiger partial charge in [-0.05, 0) is 39.8 Å². The zero-order valence-corrected chi connectivity index (χ0v) is 14.8. The summed E-state index contributed by atoms with van der Waals surface area (Å²) < 4.78 is 15.8. The van der Waals surface area contributed by atoms with Crippen LogP contribution in [0.2, 0.25) is 0 Å². The molecular weight excluding hydrogens is 312 g/mol. The molecule has 0 saturated carbocycles. The standard InChI is InChI=1S/C17H26N2O5/c1-6-23-11(3)16(20)18-13-8-9-14(15(10-13)22-5)19-17(21)12(4)24-7-2/h8-12H,6-7H2,1-5H3,(H,18,20)(H,19,21)/t11-,12+/m0/s1. The van der Waals surface area contributed by atoms with E-state index in [1.54, 1.807) is 32.0 Å². The van der Waals surface area contributed by atoms with Gasteiger partial charge in [-0.3, -0.25) is 9.59 Å². The zero-order valence-electron chi connectivity index (χ0n) is 14.8. The molecular formula is C17H26N2O5. The highest BCUT2D eigenvalue weighted by molar-refractivity contribution is 5.97. The number of carbonyl (C=O) groups excluding carboxylic acids is 2. The van der Waals surface area contributed by atoms with Crippen LogP contribution in [-0.4, -0.2) is 44.3 Å². The van der Waals surface area contributed by atoms with Gasteiger partial charge in [0.1, 0.15) is 18.0 Å². The Morgan fingerprint density at radius 1 is 1.00 bits per heavy atom. The molecule has 2 amide bonds. The molecule has 24 heavy (non-hydrogen) atoms. The molecule has 2 N–H and O–H groups in total. The van der Waals surface area contributed by atoms with Crippen molar-refractivity contribution in [1.82, 2.24) is 0 Å². The average Bonchev–Trinajstić information content (AvgIpc) is 2.56. The molecule has 0 heterocycles. The van der Waals surface area contributed by atoms with Gasteiger partial charge in [-0.1, -0.05) is 0 Å². The first kappa shape index (κ1) is 19.9. The molecule has 1 rings (SSSR count). The van der Waals surface area contributed by atoms with Crippen LogP contribution in [0.15, 0.2) is 18.2 Å². The van der Waals surface area contributed by atoms with E-state index in [9.17, 15) is 9.59 Å². The molecule has 0 saturated heterocycles. The maximum Gasteiger partial charge on any atom is 0.253 e. The van der Waals surface area contributed by atoms with E-state index in [2.05, 4.69) is 10.6 Å². The number of amides is 2. The minimum Gasteiger partial charge on any atom is -0.494 e. The van der Waals surface area contributed by atoms with Gasteiger partial charge in [0.2, 0.25) is 0 Å².